The minimum absolute atomic E-state index is 0.130. The number of rotatable bonds is 2. The number of carbonyl (C=O) groups excluding carboxylic acids is 1. The molecule has 1 aliphatic heterocycles. The molecule has 1 aliphatic rings. The van der Waals surface area contributed by atoms with Gasteiger partial charge in [0.25, 0.3) is 0 Å². The maximum atomic E-state index is 13.1. The van der Waals surface area contributed by atoms with E-state index in [2.05, 4.69) is 21.2 Å². The Bertz CT molecular complexity index is 482. The lowest BCUT2D eigenvalue weighted by Crippen LogP contribution is -2.34. The van der Waals surface area contributed by atoms with Crippen molar-refractivity contribution >= 4 is 27.6 Å². The van der Waals surface area contributed by atoms with Gasteiger partial charge in [0.2, 0.25) is 0 Å². The van der Waals surface area contributed by atoms with Crippen LogP contribution < -0.4 is 5.32 Å². The number of aliphatic hydroxyl groups is 1. The molecule has 4 nitrogen and oxygen atoms in total. The van der Waals surface area contributed by atoms with Gasteiger partial charge in [0, 0.05) is 24.7 Å². The summed E-state index contributed by atoms with van der Waals surface area (Å²) in [4.78, 5) is 13.7. The van der Waals surface area contributed by atoms with Crippen molar-refractivity contribution in [2.75, 3.05) is 18.4 Å². The largest absolute Gasteiger partial charge is 0.393 e. The quantitative estimate of drug-likeness (QED) is 0.876. The van der Waals surface area contributed by atoms with Crippen LogP contribution in [0.15, 0.2) is 22.7 Å². The number of hydrogen-bond acceptors (Lipinski definition) is 2. The summed E-state index contributed by atoms with van der Waals surface area (Å²) in [6.45, 7) is 2.92. The Balaban J connectivity index is 1.96. The molecular weight excluding hydrogens is 315 g/mol. The standard InChI is InChI=1S/C13H16BrFN2O2/c1-8(18)9-4-5-17(7-9)13(19)16-10-2-3-12(15)11(14)6-10/h2-3,6,8-9,18H,4-5,7H2,1H3,(H,16,19). The van der Waals surface area contributed by atoms with E-state index >= 15 is 0 Å². The highest BCUT2D eigenvalue weighted by atomic mass is 79.9. The molecule has 0 saturated carbocycles. The molecule has 0 aliphatic carbocycles. The molecule has 1 aromatic carbocycles. The number of anilines is 1. The zero-order valence-electron chi connectivity index (χ0n) is 10.6. The number of benzene rings is 1. The number of nitrogens with zero attached hydrogens (tertiary/aromatic N) is 1. The average molecular weight is 331 g/mol. The maximum absolute atomic E-state index is 13.1. The molecule has 1 fully saturated rings. The number of nitrogens with one attached hydrogen (secondary N) is 1. The van der Waals surface area contributed by atoms with Gasteiger partial charge in [-0.1, -0.05) is 0 Å². The van der Waals surface area contributed by atoms with Crippen LogP contribution in [-0.2, 0) is 0 Å². The number of carbonyl (C=O) groups is 1. The molecule has 2 atom stereocenters. The van der Waals surface area contributed by atoms with Crippen molar-refractivity contribution in [3.05, 3.63) is 28.5 Å². The molecule has 6 heteroatoms. The minimum atomic E-state index is -0.405. The van der Waals surface area contributed by atoms with Crippen molar-refractivity contribution in [3.8, 4) is 0 Å². The Morgan fingerprint density at radius 2 is 2.37 bits per heavy atom. The molecule has 1 aromatic rings. The second-order valence-corrected chi connectivity index (χ2v) is 5.65. The molecule has 2 amide bonds. The molecule has 1 saturated heterocycles. The molecule has 0 spiro atoms. The van der Waals surface area contributed by atoms with Gasteiger partial charge in [-0.05, 0) is 47.5 Å². The fourth-order valence-corrected chi connectivity index (χ4v) is 2.52. The fraction of sp³-hybridized carbons (Fsp3) is 0.462. The number of amides is 2. The molecular formula is C13H16BrFN2O2. The highest BCUT2D eigenvalue weighted by molar-refractivity contribution is 9.10. The first kappa shape index (κ1) is 14.3. The lowest BCUT2D eigenvalue weighted by atomic mass is 10.0. The molecule has 0 bridgehead atoms. The third kappa shape index (κ3) is 3.45. The van der Waals surface area contributed by atoms with Crippen LogP contribution in [0.3, 0.4) is 0 Å². The molecule has 2 N–H and O–H groups in total. The summed E-state index contributed by atoms with van der Waals surface area (Å²) in [5, 5.41) is 12.2. The summed E-state index contributed by atoms with van der Waals surface area (Å²) in [7, 11) is 0. The summed E-state index contributed by atoms with van der Waals surface area (Å²) in [6.07, 6.45) is 0.399. The summed E-state index contributed by atoms with van der Waals surface area (Å²) in [6, 6.07) is 4.11. The van der Waals surface area contributed by atoms with Gasteiger partial charge in [-0.25, -0.2) is 9.18 Å². The monoisotopic (exact) mass is 330 g/mol. The first-order valence-corrected chi connectivity index (χ1v) is 6.95. The second-order valence-electron chi connectivity index (χ2n) is 4.79. The Hall–Kier alpha value is -1.14. The number of aliphatic hydroxyl groups excluding tert-OH is 1. The smallest absolute Gasteiger partial charge is 0.321 e. The van der Waals surface area contributed by atoms with E-state index in [1.165, 1.54) is 18.2 Å². The van der Waals surface area contributed by atoms with E-state index in [1.54, 1.807) is 11.8 Å². The van der Waals surface area contributed by atoms with Crippen LogP contribution in [0.2, 0.25) is 0 Å². The number of halogens is 2. The summed E-state index contributed by atoms with van der Waals surface area (Å²) < 4.78 is 13.4. The zero-order valence-corrected chi connectivity index (χ0v) is 12.2. The van der Waals surface area contributed by atoms with E-state index in [4.69, 9.17) is 0 Å². The van der Waals surface area contributed by atoms with Crippen LogP contribution in [0.5, 0.6) is 0 Å². The van der Waals surface area contributed by atoms with Crippen LogP contribution in [0.4, 0.5) is 14.9 Å². The molecule has 0 radical (unpaired) electrons. The maximum Gasteiger partial charge on any atom is 0.321 e. The van der Waals surface area contributed by atoms with Crippen molar-refractivity contribution in [1.29, 1.82) is 0 Å². The summed E-state index contributed by atoms with van der Waals surface area (Å²) in [5.41, 5.74) is 0.541. The van der Waals surface area contributed by atoms with Gasteiger partial charge in [0.15, 0.2) is 0 Å². The van der Waals surface area contributed by atoms with E-state index in [0.717, 1.165) is 6.42 Å². The van der Waals surface area contributed by atoms with Gasteiger partial charge in [0.1, 0.15) is 5.82 Å². The topological polar surface area (TPSA) is 52.6 Å². The Morgan fingerprint density at radius 3 is 2.95 bits per heavy atom. The molecule has 2 unspecified atom stereocenters. The zero-order chi connectivity index (χ0) is 14.0. The summed E-state index contributed by atoms with van der Waals surface area (Å²) in [5.74, 6) is -0.237. The van der Waals surface area contributed by atoms with Crippen LogP contribution in [0.25, 0.3) is 0 Å². The van der Waals surface area contributed by atoms with Crippen LogP contribution in [0, 0.1) is 11.7 Å². The van der Waals surface area contributed by atoms with Crippen molar-refractivity contribution in [2.45, 2.75) is 19.4 Å². The lowest BCUT2D eigenvalue weighted by Gasteiger charge is -2.18. The third-order valence-electron chi connectivity index (χ3n) is 3.37. The van der Waals surface area contributed by atoms with E-state index < -0.39 is 6.10 Å². The van der Waals surface area contributed by atoms with Gasteiger partial charge < -0.3 is 15.3 Å². The minimum Gasteiger partial charge on any atom is -0.393 e. The lowest BCUT2D eigenvalue weighted by molar-refractivity contribution is 0.130. The Labute approximate surface area is 119 Å². The molecule has 1 heterocycles. The third-order valence-corrected chi connectivity index (χ3v) is 3.97. The molecule has 19 heavy (non-hydrogen) atoms. The summed E-state index contributed by atoms with van der Waals surface area (Å²) >= 11 is 3.08. The van der Waals surface area contributed by atoms with Gasteiger partial charge in [-0.2, -0.15) is 0 Å². The van der Waals surface area contributed by atoms with Crippen LogP contribution in [-0.4, -0.2) is 35.2 Å². The number of likely N-dealkylation sites (tertiary alicyclic amines) is 1. The first-order valence-electron chi connectivity index (χ1n) is 6.16. The van der Waals surface area contributed by atoms with Gasteiger partial charge in [0.05, 0.1) is 10.6 Å². The second kappa shape index (κ2) is 5.88. The van der Waals surface area contributed by atoms with Crippen LogP contribution >= 0.6 is 15.9 Å². The molecule has 104 valence electrons. The first-order chi connectivity index (χ1) is 8.97. The van der Waals surface area contributed by atoms with Crippen molar-refractivity contribution in [2.24, 2.45) is 5.92 Å². The number of hydrogen-bond donors (Lipinski definition) is 2. The fourth-order valence-electron chi connectivity index (χ4n) is 2.14. The molecule has 2 rings (SSSR count). The predicted molar refractivity (Wildman–Crippen MR) is 74.5 cm³/mol. The highest BCUT2D eigenvalue weighted by Crippen LogP contribution is 2.23. The van der Waals surface area contributed by atoms with E-state index in [0.29, 0.717) is 23.2 Å². The normalized spacial score (nSPS) is 20.4. The Morgan fingerprint density at radius 1 is 1.63 bits per heavy atom. The van der Waals surface area contributed by atoms with Crippen molar-refractivity contribution < 1.29 is 14.3 Å². The van der Waals surface area contributed by atoms with Gasteiger partial charge in [-0.3, -0.25) is 0 Å². The molecule has 0 aromatic heterocycles. The SMILES string of the molecule is CC(O)C1CCN(C(=O)Nc2ccc(F)c(Br)c2)C1. The van der Waals surface area contributed by atoms with Gasteiger partial charge >= 0.3 is 6.03 Å². The highest BCUT2D eigenvalue weighted by Gasteiger charge is 2.29. The van der Waals surface area contributed by atoms with E-state index in [1.807, 2.05) is 0 Å². The van der Waals surface area contributed by atoms with E-state index in [9.17, 15) is 14.3 Å². The number of urea groups is 1. The van der Waals surface area contributed by atoms with Crippen molar-refractivity contribution in [1.82, 2.24) is 4.90 Å². The average Bonchev–Trinajstić information content (AvgIpc) is 2.83. The van der Waals surface area contributed by atoms with Crippen LogP contribution in [0.1, 0.15) is 13.3 Å². The Kier molecular flexibility index (Phi) is 4.42. The predicted octanol–water partition coefficient (Wildman–Crippen LogP) is 2.82. The van der Waals surface area contributed by atoms with E-state index in [-0.39, 0.29) is 17.8 Å². The van der Waals surface area contributed by atoms with Gasteiger partial charge in [-0.15, -0.1) is 0 Å². The van der Waals surface area contributed by atoms with Crippen molar-refractivity contribution in [3.63, 3.8) is 0 Å².